The Labute approximate surface area is 154 Å². The molecule has 0 saturated heterocycles. The fraction of sp³-hybridized carbons (Fsp3) is 0.222. The molecule has 0 atom stereocenters. The lowest BCUT2D eigenvalue weighted by atomic mass is 10.2. The van der Waals surface area contributed by atoms with Crippen molar-refractivity contribution >= 4 is 45.3 Å². The number of benzene rings is 1. The number of hydrazone groups is 1. The van der Waals surface area contributed by atoms with Gasteiger partial charge in [0.25, 0.3) is 0 Å². The van der Waals surface area contributed by atoms with Gasteiger partial charge in [-0.3, -0.25) is 4.79 Å². The first-order valence-electron chi connectivity index (χ1n) is 8.17. The predicted octanol–water partition coefficient (Wildman–Crippen LogP) is 3.12. The van der Waals surface area contributed by atoms with E-state index in [-0.39, 0.29) is 0 Å². The van der Waals surface area contributed by atoms with Crippen LogP contribution in [0.1, 0.15) is 21.8 Å². The van der Waals surface area contributed by atoms with E-state index in [0.29, 0.717) is 6.54 Å². The molecule has 3 heterocycles. The van der Waals surface area contributed by atoms with Crippen molar-refractivity contribution in [3.63, 3.8) is 0 Å². The molecule has 1 aromatic carbocycles. The highest BCUT2D eigenvalue weighted by atomic mass is 32.1. The highest BCUT2D eigenvalue weighted by Crippen LogP contribution is 2.28. The van der Waals surface area contributed by atoms with Crippen LogP contribution in [0, 0.1) is 13.8 Å². The third-order valence-electron chi connectivity index (χ3n) is 4.46. The molecule has 0 aliphatic carbocycles. The molecule has 0 saturated carbocycles. The van der Waals surface area contributed by atoms with Crippen LogP contribution >= 0.6 is 11.3 Å². The van der Waals surface area contributed by atoms with Gasteiger partial charge in [-0.25, -0.2) is 15.0 Å². The fourth-order valence-corrected chi connectivity index (χ4v) is 3.99. The summed E-state index contributed by atoms with van der Waals surface area (Å²) in [5, 5.41) is 6.80. The molecule has 0 aliphatic rings. The Balaban J connectivity index is 1.62. The number of aromatic nitrogens is 4. The number of nitrogens with zero attached hydrogens (tertiary/aromatic N) is 5. The molecule has 4 aromatic rings. The van der Waals surface area contributed by atoms with E-state index in [1.54, 1.807) is 23.9 Å². The molecular formula is C18H18N6OS. The van der Waals surface area contributed by atoms with E-state index in [9.17, 15) is 4.79 Å². The molecule has 0 unspecified atom stereocenters. The van der Waals surface area contributed by atoms with Crippen LogP contribution in [0.5, 0.6) is 0 Å². The van der Waals surface area contributed by atoms with Crippen molar-refractivity contribution in [2.45, 2.75) is 20.4 Å². The van der Waals surface area contributed by atoms with Crippen molar-refractivity contribution in [3.05, 3.63) is 46.4 Å². The van der Waals surface area contributed by atoms with Gasteiger partial charge in [-0.15, -0.1) is 11.3 Å². The molecule has 4 rings (SSSR count). The minimum absolute atomic E-state index is 0.395. The molecule has 0 bridgehead atoms. The molecule has 26 heavy (non-hydrogen) atoms. The fourth-order valence-electron chi connectivity index (χ4n) is 2.98. The van der Waals surface area contributed by atoms with E-state index in [2.05, 4.69) is 24.6 Å². The van der Waals surface area contributed by atoms with Crippen molar-refractivity contribution in [3.8, 4) is 0 Å². The molecule has 0 aliphatic heterocycles. The average molecular weight is 366 g/mol. The number of aryl methyl sites for hydroxylation is 2. The normalized spacial score (nSPS) is 11.8. The van der Waals surface area contributed by atoms with Gasteiger partial charge in [-0.1, -0.05) is 6.07 Å². The van der Waals surface area contributed by atoms with Gasteiger partial charge in [0.15, 0.2) is 5.65 Å². The summed E-state index contributed by atoms with van der Waals surface area (Å²) in [6.45, 7) is 4.42. The van der Waals surface area contributed by atoms with Crippen LogP contribution in [-0.2, 0) is 18.4 Å². The quantitative estimate of drug-likeness (QED) is 0.335. The lowest BCUT2D eigenvalue weighted by Gasteiger charge is -2.11. The van der Waals surface area contributed by atoms with Crippen molar-refractivity contribution in [2.75, 3.05) is 0 Å². The first-order chi connectivity index (χ1) is 12.6. The van der Waals surface area contributed by atoms with Crippen molar-refractivity contribution in [1.29, 1.82) is 0 Å². The van der Waals surface area contributed by atoms with Crippen molar-refractivity contribution < 1.29 is 4.79 Å². The zero-order valence-electron chi connectivity index (χ0n) is 14.7. The summed E-state index contributed by atoms with van der Waals surface area (Å²) in [5.74, 6) is 0. The summed E-state index contributed by atoms with van der Waals surface area (Å²) in [4.78, 5) is 23.3. The van der Waals surface area contributed by atoms with Crippen LogP contribution in [0.15, 0.2) is 29.6 Å². The summed E-state index contributed by atoms with van der Waals surface area (Å²) in [7, 11) is 1.99. The first-order valence-corrected chi connectivity index (χ1v) is 8.99. The molecular weight excluding hydrogens is 348 g/mol. The Kier molecular flexibility index (Phi) is 4.04. The number of nitrogens with one attached hydrogen (secondary N) is 1. The van der Waals surface area contributed by atoms with Gasteiger partial charge in [-0.2, -0.15) is 5.10 Å². The largest absolute Gasteiger partial charge is 0.345 e. The minimum atomic E-state index is 0.395. The monoisotopic (exact) mass is 366 g/mol. The van der Waals surface area contributed by atoms with Gasteiger partial charge < -0.3 is 9.55 Å². The van der Waals surface area contributed by atoms with Crippen LogP contribution in [0.3, 0.4) is 0 Å². The van der Waals surface area contributed by atoms with E-state index in [4.69, 9.17) is 0 Å². The topological polar surface area (TPSA) is 79.2 Å². The third-order valence-corrected chi connectivity index (χ3v) is 5.45. The summed E-state index contributed by atoms with van der Waals surface area (Å²) in [6, 6.07) is 5.86. The zero-order chi connectivity index (χ0) is 18.3. The Bertz CT molecular complexity index is 1140. The number of fused-ring (bicyclic) bond motifs is 2. The van der Waals surface area contributed by atoms with Crippen LogP contribution in [0.2, 0.25) is 0 Å². The lowest BCUT2D eigenvalue weighted by Crippen LogP contribution is -2.15. The number of thiazole rings is 1. The molecule has 0 radical (unpaired) electrons. The van der Waals surface area contributed by atoms with Gasteiger partial charge in [0, 0.05) is 18.3 Å². The minimum Gasteiger partial charge on any atom is -0.345 e. The first kappa shape index (κ1) is 16.5. The summed E-state index contributed by atoms with van der Waals surface area (Å²) in [6.07, 6.45) is 4.14. The zero-order valence-corrected chi connectivity index (χ0v) is 15.5. The molecule has 0 spiro atoms. The van der Waals surface area contributed by atoms with Crippen LogP contribution in [0.4, 0.5) is 0 Å². The lowest BCUT2D eigenvalue weighted by molar-refractivity contribution is -0.118. The van der Waals surface area contributed by atoms with E-state index in [1.807, 2.05) is 39.1 Å². The van der Waals surface area contributed by atoms with Crippen LogP contribution in [0.25, 0.3) is 21.4 Å². The Morgan fingerprint density at radius 2 is 2.23 bits per heavy atom. The number of imidazole rings is 1. The Morgan fingerprint density at radius 3 is 3.04 bits per heavy atom. The van der Waals surface area contributed by atoms with Gasteiger partial charge in [0.2, 0.25) is 6.41 Å². The van der Waals surface area contributed by atoms with Crippen molar-refractivity contribution in [1.82, 2.24) is 24.5 Å². The summed E-state index contributed by atoms with van der Waals surface area (Å²) >= 11 is 1.64. The highest BCUT2D eigenvalue weighted by molar-refractivity contribution is 7.18. The average Bonchev–Trinajstić information content (AvgIpc) is 3.30. The number of rotatable bonds is 5. The SMILES string of the molecule is Cc1nc2c(s1)c(/C=N\N(C=O)Cc1ccc3nc[nH]c3c1)c(C)n2C. The number of carbonyl (C=O) groups excluding carboxylic acids is 1. The molecule has 8 heteroatoms. The Morgan fingerprint density at radius 1 is 1.38 bits per heavy atom. The maximum atomic E-state index is 11.5. The highest BCUT2D eigenvalue weighted by Gasteiger charge is 2.14. The number of aromatic amines is 1. The van der Waals surface area contributed by atoms with E-state index in [1.165, 1.54) is 5.01 Å². The Hall–Kier alpha value is -3.00. The smallest absolute Gasteiger partial charge is 0.230 e. The maximum Gasteiger partial charge on any atom is 0.230 e. The number of hydrogen-bond donors (Lipinski definition) is 1. The molecule has 3 aromatic heterocycles. The summed E-state index contributed by atoms with van der Waals surface area (Å²) in [5.41, 5.74) is 5.86. The van der Waals surface area contributed by atoms with Gasteiger partial charge in [0.05, 0.1) is 39.8 Å². The second-order valence-corrected chi connectivity index (χ2v) is 7.35. The second-order valence-electron chi connectivity index (χ2n) is 6.15. The van der Waals surface area contributed by atoms with Crippen LogP contribution < -0.4 is 0 Å². The van der Waals surface area contributed by atoms with Gasteiger partial charge >= 0.3 is 0 Å². The van der Waals surface area contributed by atoms with E-state index in [0.717, 1.165) is 49.6 Å². The molecule has 132 valence electrons. The number of hydrogen-bond acceptors (Lipinski definition) is 5. The third kappa shape index (κ3) is 2.78. The standard InChI is InChI=1S/C18H18N6OS/c1-11-14(17-18(23(11)3)22-12(2)26-17)7-21-24(10-25)8-13-4-5-15-16(6-13)20-9-19-15/h4-7,9-10H,8H2,1-3H3,(H,19,20)/b21-7-. The molecule has 1 amide bonds. The van der Waals surface area contributed by atoms with E-state index < -0.39 is 0 Å². The van der Waals surface area contributed by atoms with Gasteiger partial charge in [-0.05, 0) is 31.5 Å². The molecule has 7 nitrogen and oxygen atoms in total. The number of carbonyl (C=O) groups is 1. The molecule has 1 N–H and O–H groups in total. The predicted molar refractivity (Wildman–Crippen MR) is 103 cm³/mol. The maximum absolute atomic E-state index is 11.5. The van der Waals surface area contributed by atoms with Crippen molar-refractivity contribution in [2.24, 2.45) is 12.1 Å². The number of H-pyrrole nitrogens is 1. The second kappa shape index (κ2) is 6.38. The summed E-state index contributed by atoms with van der Waals surface area (Å²) < 4.78 is 3.15. The van der Waals surface area contributed by atoms with Gasteiger partial charge in [0.1, 0.15) is 0 Å². The number of amides is 1. The van der Waals surface area contributed by atoms with E-state index >= 15 is 0 Å². The van der Waals surface area contributed by atoms with Crippen LogP contribution in [-0.4, -0.2) is 37.2 Å². The molecule has 0 fully saturated rings.